The van der Waals surface area contributed by atoms with E-state index in [1.165, 1.54) is 0 Å². The largest absolute Gasteiger partial charge is 0.497 e. The Morgan fingerprint density at radius 3 is 2.54 bits per heavy atom. The molecule has 0 saturated heterocycles. The number of ether oxygens (including phenoxy) is 2. The molecule has 24 heavy (non-hydrogen) atoms. The van der Waals surface area contributed by atoms with Crippen LogP contribution in [0.15, 0.2) is 54.6 Å². The molecule has 0 N–H and O–H groups in total. The van der Waals surface area contributed by atoms with Crippen molar-refractivity contribution >= 4 is 29.1 Å². The second kappa shape index (κ2) is 7.04. The summed E-state index contributed by atoms with van der Waals surface area (Å²) in [5.41, 5.74) is 2.65. The summed E-state index contributed by atoms with van der Waals surface area (Å²) in [7, 11) is 1.64. The lowest BCUT2D eigenvalue weighted by Gasteiger charge is -2.07. The Hall–Kier alpha value is -3.01. The van der Waals surface area contributed by atoms with E-state index in [1.54, 1.807) is 18.6 Å². The van der Waals surface area contributed by atoms with Crippen LogP contribution in [0.1, 0.15) is 18.2 Å². The van der Waals surface area contributed by atoms with E-state index in [2.05, 4.69) is 0 Å². The molecule has 1 aromatic heterocycles. The molecule has 2 aromatic carbocycles. The van der Waals surface area contributed by atoms with E-state index >= 15 is 0 Å². The van der Waals surface area contributed by atoms with E-state index in [9.17, 15) is 4.79 Å². The van der Waals surface area contributed by atoms with Crippen LogP contribution in [0.25, 0.3) is 23.1 Å². The van der Waals surface area contributed by atoms with Gasteiger partial charge in [0.1, 0.15) is 5.75 Å². The first-order chi connectivity index (χ1) is 11.7. The van der Waals surface area contributed by atoms with Crippen molar-refractivity contribution in [2.24, 2.45) is 0 Å². The molecular weight excluding hydrogens is 302 g/mol. The maximum atomic E-state index is 12.3. The molecule has 0 saturated carbocycles. The monoisotopic (exact) mass is 321 g/mol. The lowest BCUT2D eigenvalue weighted by atomic mass is 10.2. The van der Waals surface area contributed by atoms with E-state index < -0.39 is 0 Å². The molecule has 0 spiro atoms. The zero-order valence-corrected chi connectivity index (χ0v) is 13.7. The van der Waals surface area contributed by atoms with Crippen LogP contribution in [0.2, 0.25) is 0 Å². The third kappa shape index (κ3) is 3.18. The number of para-hydroxylation sites is 1. The number of rotatable bonds is 4. The summed E-state index contributed by atoms with van der Waals surface area (Å²) in [5.74, 6) is 0.813. The van der Waals surface area contributed by atoms with E-state index in [4.69, 9.17) is 9.47 Å². The van der Waals surface area contributed by atoms with Crippen molar-refractivity contribution in [3.05, 3.63) is 65.9 Å². The molecule has 3 aromatic rings. The third-order valence-electron chi connectivity index (χ3n) is 3.75. The summed E-state index contributed by atoms with van der Waals surface area (Å²) in [6.45, 7) is 2.14. The molecule has 0 bridgehead atoms. The molecule has 3 rings (SSSR count). The van der Waals surface area contributed by atoms with Gasteiger partial charge in [-0.05, 0) is 42.8 Å². The molecule has 0 aliphatic carbocycles. The number of methoxy groups -OCH3 is 1. The summed E-state index contributed by atoms with van der Waals surface area (Å²) in [4.78, 5) is 12.3. The van der Waals surface area contributed by atoms with Gasteiger partial charge in [0.05, 0.1) is 24.9 Å². The van der Waals surface area contributed by atoms with Gasteiger partial charge in [-0.3, -0.25) is 0 Å². The van der Waals surface area contributed by atoms with Crippen LogP contribution in [0.3, 0.4) is 0 Å². The number of hydrogen-bond donors (Lipinski definition) is 0. The molecule has 0 aliphatic heterocycles. The molecular formula is C20H19NO3. The Bertz CT molecular complexity index is 876. The molecule has 0 radical (unpaired) electrons. The van der Waals surface area contributed by atoms with E-state index in [-0.39, 0.29) is 6.09 Å². The minimum atomic E-state index is -0.368. The fourth-order valence-corrected chi connectivity index (χ4v) is 2.59. The molecule has 0 atom stereocenters. The predicted molar refractivity (Wildman–Crippen MR) is 96.3 cm³/mol. The number of benzene rings is 2. The van der Waals surface area contributed by atoms with Crippen molar-refractivity contribution in [3.8, 4) is 5.75 Å². The lowest BCUT2D eigenvalue weighted by Crippen LogP contribution is -2.14. The molecule has 122 valence electrons. The van der Waals surface area contributed by atoms with Crippen molar-refractivity contribution in [2.75, 3.05) is 13.7 Å². The Balaban J connectivity index is 1.99. The van der Waals surface area contributed by atoms with Crippen molar-refractivity contribution in [1.82, 2.24) is 4.57 Å². The maximum Gasteiger partial charge on any atom is 0.418 e. The zero-order chi connectivity index (χ0) is 16.9. The molecule has 0 aliphatic rings. The average Bonchev–Trinajstić information content (AvgIpc) is 2.99. The SMILES string of the molecule is CCOC(=O)n1c(/C=C/c2ccc(OC)cc2)cc2ccccc21. The van der Waals surface area contributed by atoms with Crippen molar-refractivity contribution in [1.29, 1.82) is 0 Å². The van der Waals surface area contributed by atoms with Crippen LogP contribution in [-0.2, 0) is 4.74 Å². The van der Waals surface area contributed by atoms with E-state index in [1.807, 2.05) is 66.7 Å². The predicted octanol–water partition coefficient (Wildman–Crippen LogP) is 4.82. The quantitative estimate of drug-likeness (QED) is 0.691. The number of carbonyl (C=O) groups is 1. The Labute approximate surface area is 140 Å². The fraction of sp³-hybridized carbons (Fsp3) is 0.150. The van der Waals surface area contributed by atoms with Gasteiger partial charge in [-0.25, -0.2) is 9.36 Å². The van der Waals surface area contributed by atoms with Crippen LogP contribution in [0, 0.1) is 0 Å². The summed E-state index contributed by atoms with van der Waals surface area (Å²) in [5, 5.41) is 1.000. The molecule has 1 heterocycles. The minimum absolute atomic E-state index is 0.340. The number of fused-ring (bicyclic) bond motifs is 1. The van der Waals surface area contributed by atoms with Crippen LogP contribution in [0.4, 0.5) is 4.79 Å². The van der Waals surface area contributed by atoms with Gasteiger partial charge < -0.3 is 9.47 Å². The normalized spacial score (nSPS) is 11.1. The lowest BCUT2D eigenvalue weighted by molar-refractivity contribution is 0.155. The first-order valence-corrected chi connectivity index (χ1v) is 7.82. The van der Waals surface area contributed by atoms with Gasteiger partial charge in [0, 0.05) is 5.39 Å². The second-order valence-corrected chi connectivity index (χ2v) is 5.27. The summed E-state index contributed by atoms with van der Waals surface area (Å²) in [6.07, 6.45) is 3.51. The van der Waals surface area contributed by atoms with Gasteiger partial charge in [0.25, 0.3) is 0 Å². The van der Waals surface area contributed by atoms with Gasteiger partial charge >= 0.3 is 6.09 Å². The molecule has 4 heteroatoms. The third-order valence-corrected chi connectivity index (χ3v) is 3.75. The Kier molecular flexibility index (Phi) is 4.66. The second-order valence-electron chi connectivity index (χ2n) is 5.27. The van der Waals surface area contributed by atoms with Gasteiger partial charge in [-0.2, -0.15) is 0 Å². The Morgan fingerprint density at radius 1 is 1.08 bits per heavy atom. The van der Waals surface area contributed by atoms with E-state index in [0.29, 0.717) is 6.61 Å². The van der Waals surface area contributed by atoms with Crippen LogP contribution >= 0.6 is 0 Å². The summed E-state index contributed by atoms with van der Waals surface area (Å²) in [6, 6.07) is 17.5. The highest BCUT2D eigenvalue weighted by molar-refractivity contribution is 5.94. The maximum absolute atomic E-state index is 12.3. The molecule has 0 unspecified atom stereocenters. The van der Waals surface area contributed by atoms with Crippen molar-refractivity contribution in [2.45, 2.75) is 6.92 Å². The van der Waals surface area contributed by atoms with Gasteiger partial charge in [0.15, 0.2) is 0 Å². The molecule has 0 amide bonds. The topological polar surface area (TPSA) is 40.5 Å². The first kappa shape index (κ1) is 15.9. The number of aromatic nitrogens is 1. The van der Waals surface area contributed by atoms with E-state index in [0.717, 1.165) is 27.9 Å². The van der Waals surface area contributed by atoms with Gasteiger partial charge in [0.2, 0.25) is 0 Å². The standard InChI is InChI=1S/C20H19NO3/c1-3-24-20(22)21-17(14-16-6-4-5-7-19(16)21)11-8-15-9-12-18(23-2)13-10-15/h4-14H,3H2,1-2H3/b11-8+. The molecule has 0 fully saturated rings. The highest BCUT2D eigenvalue weighted by Gasteiger charge is 2.13. The van der Waals surface area contributed by atoms with Crippen molar-refractivity contribution < 1.29 is 14.3 Å². The van der Waals surface area contributed by atoms with Crippen molar-refractivity contribution in [3.63, 3.8) is 0 Å². The number of hydrogen-bond acceptors (Lipinski definition) is 3. The van der Waals surface area contributed by atoms with Crippen LogP contribution in [-0.4, -0.2) is 24.4 Å². The molecule has 4 nitrogen and oxygen atoms in total. The highest BCUT2D eigenvalue weighted by atomic mass is 16.5. The van der Waals surface area contributed by atoms with Crippen LogP contribution in [0.5, 0.6) is 5.75 Å². The van der Waals surface area contributed by atoms with Crippen LogP contribution < -0.4 is 4.74 Å². The average molecular weight is 321 g/mol. The highest BCUT2D eigenvalue weighted by Crippen LogP contribution is 2.22. The summed E-state index contributed by atoms with van der Waals surface area (Å²) >= 11 is 0. The smallest absolute Gasteiger partial charge is 0.418 e. The zero-order valence-electron chi connectivity index (χ0n) is 13.7. The summed E-state index contributed by atoms with van der Waals surface area (Å²) < 4.78 is 11.9. The number of carbonyl (C=O) groups excluding carboxylic acids is 1. The Morgan fingerprint density at radius 2 is 1.83 bits per heavy atom. The fourth-order valence-electron chi connectivity index (χ4n) is 2.59. The first-order valence-electron chi connectivity index (χ1n) is 7.82. The van der Waals surface area contributed by atoms with Gasteiger partial charge in [-0.1, -0.05) is 36.4 Å². The number of nitrogens with zero attached hydrogens (tertiary/aromatic N) is 1. The minimum Gasteiger partial charge on any atom is -0.497 e. The van der Waals surface area contributed by atoms with Gasteiger partial charge in [-0.15, -0.1) is 0 Å².